The Bertz CT molecular complexity index is 1960. The number of carbonyl (C=O) groups excluding carboxylic acids is 4. The first kappa shape index (κ1) is 101. The van der Waals surface area contributed by atoms with Crippen LogP contribution in [0.5, 0.6) is 0 Å². The molecule has 0 heterocycles. The molecule has 2 unspecified atom stereocenters. The van der Waals surface area contributed by atoms with Crippen LogP contribution in [0.3, 0.4) is 0 Å². The molecule has 0 spiro atoms. The average Bonchev–Trinajstić information content (AvgIpc) is 0.974. The van der Waals surface area contributed by atoms with E-state index in [4.69, 9.17) is 37.0 Å². The lowest BCUT2D eigenvalue weighted by molar-refractivity contribution is -0.161. The highest BCUT2D eigenvalue weighted by Crippen LogP contribution is 2.45. The average molecular weight is 1510 g/mol. The van der Waals surface area contributed by atoms with Gasteiger partial charge < -0.3 is 33.8 Å². The monoisotopic (exact) mass is 1510 g/mol. The highest BCUT2D eigenvalue weighted by atomic mass is 31.2. The molecule has 0 fully saturated rings. The van der Waals surface area contributed by atoms with Crippen molar-refractivity contribution in [3.8, 4) is 0 Å². The SMILES string of the molecule is CCCCCCCCCCCCCCCCCCCCCC(=O)O[C@H](COC(=O)CCCCCCCCCCCCCCCCC(C)C)COP(=O)(O)OC[C@@H](O)COP(=O)(O)OC[C@@H](COC(=O)CCCCCCCCCCCC)OC(=O)CCCCCCCCCCCCCCCCCCC. The van der Waals surface area contributed by atoms with Crippen LogP contribution in [-0.4, -0.2) is 96.7 Å². The van der Waals surface area contributed by atoms with E-state index in [1.807, 2.05) is 0 Å². The zero-order chi connectivity index (χ0) is 75.5. The first-order valence-electron chi connectivity index (χ1n) is 43.6. The summed E-state index contributed by atoms with van der Waals surface area (Å²) in [5.41, 5.74) is 0. The Hall–Kier alpha value is -1.94. The molecule has 0 amide bonds. The fourth-order valence-corrected chi connectivity index (χ4v) is 14.7. The number of esters is 4. The molecule has 0 saturated carbocycles. The van der Waals surface area contributed by atoms with Crippen molar-refractivity contribution in [2.24, 2.45) is 5.92 Å². The van der Waals surface area contributed by atoms with Gasteiger partial charge in [0.25, 0.3) is 0 Å². The molecule has 0 radical (unpaired) electrons. The third kappa shape index (κ3) is 78.0. The molecule has 0 aromatic rings. The largest absolute Gasteiger partial charge is 0.472 e. The zero-order valence-electron chi connectivity index (χ0n) is 67.5. The van der Waals surface area contributed by atoms with Crippen LogP contribution in [0.25, 0.3) is 0 Å². The summed E-state index contributed by atoms with van der Waals surface area (Å²) in [6.45, 7) is 7.37. The van der Waals surface area contributed by atoms with Gasteiger partial charge in [-0.25, -0.2) is 9.13 Å². The van der Waals surface area contributed by atoms with Crippen LogP contribution in [0.2, 0.25) is 0 Å². The molecule has 0 aliphatic rings. The first-order chi connectivity index (χ1) is 50.0. The molecule has 0 bridgehead atoms. The fraction of sp³-hybridized carbons (Fsp3) is 0.952. The molecule has 17 nitrogen and oxygen atoms in total. The second kappa shape index (κ2) is 76.8. The van der Waals surface area contributed by atoms with Gasteiger partial charge in [0.15, 0.2) is 12.2 Å². The molecule has 103 heavy (non-hydrogen) atoms. The Kier molecular flexibility index (Phi) is 75.4. The van der Waals surface area contributed by atoms with E-state index in [9.17, 15) is 43.2 Å². The van der Waals surface area contributed by atoms with Crippen molar-refractivity contribution >= 4 is 39.5 Å². The third-order valence-corrected chi connectivity index (χ3v) is 21.7. The summed E-state index contributed by atoms with van der Waals surface area (Å²) < 4.78 is 68.8. The van der Waals surface area contributed by atoms with Gasteiger partial charge >= 0.3 is 39.5 Å². The van der Waals surface area contributed by atoms with Gasteiger partial charge in [-0.1, -0.05) is 401 Å². The normalized spacial score (nSPS) is 13.8. The molecule has 3 N–H and O–H groups in total. The summed E-state index contributed by atoms with van der Waals surface area (Å²) in [5, 5.41) is 10.7. The van der Waals surface area contributed by atoms with Crippen molar-refractivity contribution in [2.45, 2.75) is 470 Å². The molecular weight excluding hydrogens is 1340 g/mol. The number of hydrogen-bond acceptors (Lipinski definition) is 15. The molecule has 0 rings (SSSR count). The van der Waals surface area contributed by atoms with Crippen LogP contribution in [0.15, 0.2) is 0 Å². The van der Waals surface area contributed by atoms with Crippen LogP contribution in [0.4, 0.5) is 0 Å². The van der Waals surface area contributed by atoms with Gasteiger partial charge in [0, 0.05) is 25.7 Å². The predicted molar refractivity (Wildman–Crippen MR) is 423 cm³/mol. The van der Waals surface area contributed by atoms with Crippen molar-refractivity contribution in [2.75, 3.05) is 39.6 Å². The first-order valence-corrected chi connectivity index (χ1v) is 46.6. The Morgan fingerprint density at radius 2 is 0.447 bits per heavy atom. The van der Waals surface area contributed by atoms with Crippen LogP contribution < -0.4 is 0 Å². The molecule has 19 heteroatoms. The minimum absolute atomic E-state index is 0.109. The maximum absolute atomic E-state index is 13.1. The number of phosphoric ester groups is 2. The summed E-state index contributed by atoms with van der Waals surface area (Å²) in [5.74, 6) is -1.30. The maximum Gasteiger partial charge on any atom is 0.472 e. The van der Waals surface area contributed by atoms with E-state index < -0.39 is 97.5 Å². The highest BCUT2D eigenvalue weighted by molar-refractivity contribution is 7.47. The van der Waals surface area contributed by atoms with E-state index in [1.165, 1.54) is 276 Å². The summed E-state index contributed by atoms with van der Waals surface area (Å²) in [7, 11) is -9.92. The van der Waals surface area contributed by atoms with Crippen LogP contribution in [0, 0.1) is 5.92 Å². The van der Waals surface area contributed by atoms with Crippen molar-refractivity contribution in [1.29, 1.82) is 0 Å². The number of hydrogen-bond donors (Lipinski definition) is 3. The lowest BCUT2D eigenvalue weighted by Crippen LogP contribution is -2.30. The van der Waals surface area contributed by atoms with Crippen molar-refractivity contribution < 1.29 is 80.2 Å². The number of ether oxygens (including phenoxy) is 4. The quantitative estimate of drug-likeness (QED) is 0.0222. The van der Waals surface area contributed by atoms with Gasteiger partial charge in [0.1, 0.15) is 19.3 Å². The lowest BCUT2D eigenvalue weighted by Gasteiger charge is -2.21. The number of unbranched alkanes of at least 4 members (excludes halogenated alkanes) is 56. The third-order valence-electron chi connectivity index (χ3n) is 19.8. The highest BCUT2D eigenvalue weighted by Gasteiger charge is 2.30. The second-order valence-electron chi connectivity index (χ2n) is 30.7. The van der Waals surface area contributed by atoms with Gasteiger partial charge in [-0.05, 0) is 31.6 Å². The molecule has 0 aromatic heterocycles. The zero-order valence-corrected chi connectivity index (χ0v) is 69.3. The topological polar surface area (TPSA) is 237 Å². The van der Waals surface area contributed by atoms with E-state index in [0.717, 1.165) is 95.8 Å². The van der Waals surface area contributed by atoms with Gasteiger partial charge in [-0.15, -0.1) is 0 Å². The van der Waals surface area contributed by atoms with Crippen molar-refractivity contribution in [3.63, 3.8) is 0 Å². The van der Waals surface area contributed by atoms with Gasteiger partial charge in [-0.3, -0.25) is 37.3 Å². The van der Waals surface area contributed by atoms with Crippen molar-refractivity contribution in [3.05, 3.63) is 0 Å². The van der Waals surface area contributed by atoms with Gasteiger partial charge in [-0.2, -0.15) is 0 Å². The Morgan fingerprint density at radius 1 is 0.262 bits per heavy atom. The Balaban J connectivity index is 5.23. The maximum atomic E-state index is 13.1. The Labute approximate surface area is 632 Å². The van der Waals surface area contributed by atoms with Crippen LogP contribution in [-0.2, 0) is 65.4 Å². The summed E-state index contributed by atoms with van der Waals surface area (Å²) >= 11 is 0. The Morgan fingerprint density at radius 3 is 0.660 bits per heavy atom. The van der Waals surface area contributed by atoms with E-state index >= 15 is 0 Å². The number of phosphoric acid groups is 2. The molecule has 0 saturated heterocycles. The molecule has 0 aromatic carbocycles. The van der Waals surface area contributed by atoms with E-state index in [-0.39, 0.29) is 25.7 Å². The molecular formula is C84H164O17P2. The molecule has 0 aliphatic carbocycles. The standard InChI is InChI=1S/C84H164O17P2/c1-6-9-12-15-18-21-24-26-28-30-31-33-35-41-45-50-55-60-65-70-84(89)101-80(74-95-82(87)68-63-58-53-48-43-39-37-36-38-42-46-51-56-61-66-77(4)5)76-99-103(92,93)97-72-78(85)71-96-102(90,91)98-75-79(73-94-81(86)67-62-57-52-47-23-20-17-14-11-8-3)100-83(88)69-64-59-54-49-44-40-34-32-29-27-25-22-19-16-13-10-7-2/h77-80,85H,6-76H2,1-5H3,(H,90,91)(H,92,93)/t78-,79+,80+/m0/s1. The summed E-state index contributed by atoms with van der Waals surface area (Å²) in [6.07, 6.45) is 69.3. The van der Waals surface area contributed by atoms with Gasteiger partial charge in [0.2, 0.25) is 0 Å². The number of rotatable bonds is 84. The lowest BCUT2D eigenvalue weighted by atomic mass is 10.0. The van der Waals surface area contributed by atoms with Crippen LogP contribution in [0.1, 0.15) is 452 Å². The number of carbonyl (C=O) groups is 4. The van der Waals surface area contributed by atoms with Crippen molar-refractivity contribution in [1.82, 2.24) is 0 Å². The van der Waals surface area contributed by atoms with E-state index in [0.29, 0.717) is 25.7 Å². The number of aliphatic hydroxyl groups is 1. The minimum atomic E-state index is -4.96. The smallest absolute Gasteiger partial charge is 0.462 e. The molecule has 5 atom stereocenters. The fourth-order valence-electron chi connectivity index (χ4n) is 13.1. The van der Waals surface area contributed by atoms with Gasteiger partial charge in [0.05, 0.1) is 26.4 Å². The summed E-state index contributed by atoms with van der Waals surface area (Å²) in [6, 6.07) is 0. The number of aliphatic hydroxyl groups excluding tert-OH is 1. The minimum Gasteiger partial charge on any atom is -0.462 e. The molecule has 612 valence electrons. The molecule has 0 aliphatic heterocycles. The predicted octanol–water partition coefficient (Wildman–Crippen LogP) is 25.6. The van der Waals surface area contributed by atoms with Crippen LogP contribution >= 0.6 is 15.6 Å². The second-order valence-corrected chi connectivity index (χ2v) is 33.6. The summed E-state index contributed by atoms with van der Waals surface area (Å²) in [4.78, 5) is 73.1. The van der Waals surface area contributed by atoms with E-state index in [1.54, 1.807) is 0 Å². The van der Waals surface area contributed by atoms with E-state index in [2.05, 4.69) is 34.6 Å².